The molecule has 2 aromatic rings. The number of nitrogens with one attached hydrogen (secondary N) is 1. The second kappa shape index (κ2) is 4.81. The van der Waals surface area contributed by atoms with E-state index in [0.29, 0.717) is 0 Å². The van der Waals surface area contributed by atoms with Gasteiger partial charge in [0.05, 0.1) is 0 Å². The largest absolute Gasteiger partial charge is 0.313 e. The van der Waals surface area contributed by atoms with Crippen molar-refractivity contribution in [2.24, 2.45) is 0 Å². The topological polar surface area (TPSA) is 50.7 Å². The van der Waals surface area contributed by atoms with Crippen molar-refractivity contribution in [2.45, 2.75) is 13.0 Å². The fraction of sp³-hybridized carbons (Fsp3) is 0.250. The Balaban J connectivity index is 2.36. The van der Waals surface area contributed by atoms with Crippen LogP contribution in [0.1, 0.15) is 18.5 Å². The number of rotatable bonds is 3. The Kier molecular flexibility index (Phi) is 3.22. The Hall–Kier alpha value is -1.81. The highest BCUT2D eigenvalue weighted by Gasteiger charge is 2.05. The molecule has 0 fully saturated rings. The van der Waals surface area contributed by atoms with Gasteiger partial charge in [-0.3, -0.25) is 4.98 Å². The van der Waals surface area contributed by atoms with Crippen LogP contribution in [-0.2, 0) is 0 Å². The summed E-state index contributed by atoms with van der Waals surface area (Å²) in [7, 11) is 1.93. The summed E-state index contributed by atoms with van der Waals surface area (Å²) >= 11 is 0. The van der Waals surface area contributed by atoms with Crippen molar-refractivity contribution in [1.29, 1.82) is 0 Å². The fourth-order valence-corrected chi connectivity index (χ4v) is 1.47. The van der Waals surface area contributed by atoms with Crippen LogP contribution in [0.2, 0.25) is 0 Å². The molecule has 0 spiro atoms. The number of aromatic nitrogens is 3. The lowest BCUT2D eigenvalue weighted by molar-refractivity contribution is 0.650. The first-order chi connectivity index (χ1) is 7.81. The molecule has 82 valence electrons. The van der Waals surface area contributed by atoms with Gasteiger partial charge in [0.25, 0.3) is 0 Å². The minimum atomic E-state index is 0.289. The molecule has 0 saturated carbocycles. The van der Waals surface area contributed by atoms with Gasteiger partial charge in [0.15, 0.2) is 0 Å². The molecule has 2 rings (SSSR count). The monoisotopic (exact) mass is 214 g/mol. The molecular weight excluding hydrogens is 200 g/mol. The van der Waals surface area contributed by atoms with Gasteiger partial charge in [-0.2, -0.15) is 0 Å². The predicted octanol–water partition coefficient (Wildman–Crippen LogP) is 1.82. The molecule has 0 aromatic carbocycles. The van der Waals surface area contributed by atoms with E-state index >= 15 is 0 Å². The van der Waals surface area contributed by atoms with E-state index in [0.717, 1.165) is 16.7 Å². The van der Waals surface area contributed by atoms with E-state index in [2.05, 4.69) is 33.3 Å². The Morgan fingerprint density at radius 2 is 1.69 bits per heavy atom. The minimum Gasteiger partial charge on any atom is -0.313 e. The van der Waals surface area contributed by atoms with Gasteiger partial charge in [-0.15, -0.1) is 0 Å². The lowest BCUT2D eigenvalue weighted by Gasteiger charge is -2.11. The maximum absolute atomic E-state index is 4.23. The molecule has 0 saturated heterocycles. The molecule has 0 amide bonds. The summed E-state index contributed by atoms with van der Waals surface area (Å²) in [6.07, 6.45) is 8.80. The molecule has 4 heteroatoms. The van der Waals surface area contributed by atoms with Crippen molar-refractivity contribution in [3.63, 3.8) is 0 Å². The highest BCUT2D eigenvalue weighted by molar-refractivity contribution is 5.60. The second-order valence-corrected chi connectivity index (χ2v) is 3.64. The van der Waals surface area contributed by atoms with E-state index < -0.39 is 0 Å². The normalized spacial score (nSPS) is 12.4. The van der Waals surface area contributed by atoms with Crippen LogP contribution in [0.25, 0.3) is 11.1 Å². The first-order valence-corrected chi connectivity index (χ1v) is 5.19. The Bertz CT molecular complexity index is 456. The third-order valence-electron chi connectivity index (χ3n) is 2.59. The van der Waals surface area contributed by atoms with Crippen LogP contribution in [0.5, 0.6) is 0 Å². The summed E-state index contributed by atoms with van der Waals surface area (Å²) in [4.78, 5) is 12.2. The van der Waals surface area contributed by atoms with Crippen LogP contribution in [0.15, 0.2) is 37.2 Å². The summed E-state index contributed by atoms with van der Waals surface area (Å²) in [5.74, 6) is 0. The van der Waals surface area contributed by atoms with Crippen LogP contribution in [0.3, 0.4) is 0 Å². The van der Waals surface area contributed by atoms with Crippen LogP contribution in [0.4, 0.5) is 0 Å². The smallest absolute Gasteiger partial charge is 0.115 e. The molecule has 2 aromatic heterocycles. The average Bonchev–Trinajstić information content (AvgIpc) is 2.39. The first kappa shape index (κ1) is 10.7. The number of pyridine rings is 1. The van der Waals surface area contributed by atoms with Gasteiger partial charge in [-0.25, -0.2) is 9.97 Å². The predicted molar refractivity (Wildman–Crippen MR) is 62.7 cm³/mol. The quantitative estimate of drug-likeness (QED) is 0.846. The van der Waals surface area contributed by atoms with Crippen molar-refractivity contribution in [3.05, 3.63) is 42.7 Å². The molecule has 4 nitrogen and oxygen atoms in total. The highest BCUT2D eigenvalue weighted by atomic mass is 14.9. The number of hydrogen-bond acceptors (Lipinski definition) is 4. The fourth-order valence-electron chi connectivity index (χ4n) is 1.47. The zero-order chi connectivity index (χ0) is 11.4. The summed E-state index contributed by atoms with van der Waals surface area (Å²) in [5, 5.41) is 3.19. The van der Waals surface area contributed by atoms with E-state index in [4.69, 9.17) is 0 Å². The maximum atomic E-state index is 4.23. The molecule has 0 aliphatic carbocycles. The molecular formula is C12H14N4. The van der Waals surface area contributed by atoms with Crippen LogP contribution >= 0.6 is 0 Å². The van der Waals surface area contributed by atoms with Gasteiger partial charge >= 0.3 is 0 Å². The number of nitrogens with zero attached hydrogens (tertiary/aromatic N) is 3. The van der Waals surface area contributed by atoms with E-state index in [1.807, 2.05) is 19.4 Å². The molecule has 0 radical (unpaired) electrons. The van der Waals surface area contributed by atoms with Crippen molar-refractivity contribution in [3.8, 4) is 11.1 Å². The zero-order valence-electron chi connectivity index (χ0n) is 9.38. The van der Waals surface area contributed by atoms with Gasteiger partial charge < -0.3 is 5.32 Å². The van der Waals surface area contributed by atoms with Crippen molar-refractivity contribution in [1.82, 2.24) is 20.3 Å². The van der Waals surface area contributed by atoms with Crippen molar-refractivity contribution in [2.75, 3.05) is 7.05 Å². The second-order valence-electron chi connectivity index (χ2n) is 3.64. The Labute approximate surface area is 94.8 Å². The average molecular weight is 214 g/mol. The molecule has 0 aliphatic heterocycles. The summed E-state index contributed by atoms with van der Waals surface area (Å²) in [6.45, 7) is 2.10. The van der Waals surface area contributed by atoms with Crippen molar-refractivity contribution >= 4 is 0 Å². The lowest BCUT2D eigenvalue weighted by Crippen LogP contribution is -2.12. The third-order valence-corrected chi connectivity index (χ3v) is 2.59. The lowest BCUT2D eigenvalue weighted by atomic mass is 10.1. The third kappa shape index (κ3) is 2.23. The van der Waals surface area contributed by atoms with E-state index in [9.17, 15) is 0 Å². The van der Waals surface area contributed by atoms with E-state index in [1.165, 1.54) is 6.33 Å². The van der Waals surface area contributed by atoms with Gasteiger partial charge in [0, 0.05) is 42.0 Å². The zero-order valence-corrected chi connectivity index (χ0v) is 9.38. The van der Waals surface area contributed by atoms with Gasteiger partial charge in [0.1, 0.15) is 6.33 Å². The molecule has 16 heavy (non-hydrogen) atoms. The van der Waals surface area contributed by atoms with Crippen molar-refractivity contribution < 1.29 is 0 Å². The van der Waals surface area contributed by atoms with Gasteiger partial charge in [-0.05, 0) is 25.6 Å². The van der Waals surface area contributed by atoms with E-state index in [-0.39, 0.29) is 6.04 Å². The Morgan fingerprint density at radius 1 is 1.00 bits per heavy atom. The summed E-state index contributed by atoms with van der Waals surface area (Å²) in [6, 6.07) is 2.39. The standard InChI is InChI=1S/C12H14N4/c1-9(13-2)10-3-11(5-14-4-10)12-6-15-8-16-7-12/h3-9,13H,1-2H3. The molecule has 2 heterocycles. The molecule has 0 aliphatic rings. The minimum absolute atomic E-state index is 0.289. The first-order valence-electron chi connectivity index (χ1n) is 5.19. The summed E-state index contributed by atoms with van der Waals surface area (Å²) < 4.78 is 0. The van der Waals surface area contributed by atoms with Gasteiger partial charge in [-0.1, -0.05) is 0 Å². The molecule has 0 bridgehead atoms. The molecule has 1 N–H and O–H groups in total. The highest BCUT2D eigenvalue weighted by Crippen LogP contribution is 2.20. The van der Waals surface area contributed by atoms with Gasteiger partial charge in [0.2, 0.25) is 0 Å². The van der Waals surface area contributed by atoms with E-state index in [1.54, 1.807) is 12.4 Å². The SMILES string of the molecule is CNC(C)c1cncc(-c2cncnc2)c1. The Morgan fingerprint density at radius 3 is 2.38 bits per heavy atom. The molecule has 1 unspecified atom stereocenters. The van der Waals surface area contributed by atoms with Crippen LogP contribution in [0, 0.1) is 0 Å². The maximum Gasteiger partial charge on any atom is 0.115 e. The van der Waals surface area contributed by atoms with Crippen LogP contribution in [-0.4, -0.2) is 22.0 Å². The number of hydrogen-bond donors (Lipinski definition) is 1. The van der Waals surface area contributed by atoms with Crippen LogP contribution < -0.4 is 5.32 Å². The molecule has 1 atom stereocenters. The summed E-state index contributed by atoms with van der Waals surface area (Å²) in [5.41, 5.74) is 3.18.